The fraction of sp³-hybridized carbons (Fsp3) is 0.600. The standard InChI is InChI=1S/C10H14O8.2Na/c11-6(12)1-2-10(3-7(13)14,4-8(15)16)5-9(17)18;;/h1-5H2,(H,11,12)(H,13,14)(H,15,16)(H,17,18);;/q;2*+1/p-2. The van der Waals surface area contributed by atoms with Gasteiger partial charge in [-0.25, -0.2) is 0 Å². The molecule has 0 aliphatic heterocycles. The zero-order valence-electron chi connectivity index (χ0n) is 11.4. The van der Waals surface area contributed by atoms with Crippen LogP contribution in [0, 0.1) is 5.41 Å². The molecule has 0 bridgehead atoms. The van der Waals surface area contributed by atoms with Gasteiger partial charge in [-0.1, -0.05) is 0 Å². The molecule has 0 aromatic heterocycles. The summed E-state index contributed by atoms with van der Waals surface area (Å²) in [5.41, 5.74) is -1.68. The fourth-order valence-corrected chi connectivity index (χ4v) is 1.77. The van der Waals surface area contributed by atoms with E-state index in [9.17, 15) is 29.4 Å². The molecule has 0 fully saturated rings. The van der Waals surface area contributed by atoms with Gasteiger partial charge in [0, 0.05) is 11.9 Å². The van der Waals surface area contributed by atoms with Gasteiger partial charge in [-0.2, -0.15) is 0 Å². The van der Waals surface area contributed by atoms with E-state index in [1.165, 1.54) is 0 Å². The summed E-state index contributed by atoms with van der Waals surface area (Å²) in [5.74, 6) is -5.95. The van der Waals surface area contributed by atoms with Crippen LogP contribution in [-0.2, 0) is 19.2 Å². The van der Waals surface area contributed by atoms with E-state index in [2.05, 4.69) is 0 Å². The Morgan fingerprint density at radius 2 is 1.20 bits per heavy atom. The molecule has 0 unspecified atom stereocenters. The fourth-order valence-electron chi connectivity index (χ4n) is 1.77. The maximum absolute atomic E-state index is 10.7. The largest absolute Gasteiger partial charge is 1.00 e. The topological polar surface area (TPSA) is 155 Å². The Bertz CT molecular complexity index is 327. The maximum atomic E-state index is 10.7. The van der Waals surface area contributed by atoms with Gasteiger partial charge in [0.15, 0.2) is 0 Å². The molecule has 0 aliphatic carbocycles. The first-order valence-electron chi connectivity index (χ1n) is 5.00. The molecule has 0 aromatic carbocycles. The van der Waals surface area contributed by atoms with Gasteiger partial charge in [-0.15, -0.1) is 0 Å². The van der Waals surface area contributed by atoms with Crippen LogP contribution >= 0.6 is 0 Å². The Hall–Kier alpha value is -0.120. The van der Waals surface area contributed by atoms with Gasteiger partial charge in [0.05, 0.1) is 12.8 Å². The second-order valence-electron chi connectivity index (χ2n) is 4.06. The van der Waals surface area contributed by atoms with E-state index < -0.39 is 61.4 Å². The minimum Gasteiger partial charge on any atom is -0.550 e. The summed E-state index contributed by atoms with van der Waals surface area (Å²) in [6.45, 7) is 0. The van der Waals surface area contributed by atoms with Crippen LogP contribution in [-0.4, -0.2) is 34.1 Å². The maximum Gasteiger partial charge on any atom is 1.00 e. The summed E-state index contributed by atoms with van der Waals surface area (Å²) in [6, 6.07) is 0. The number of hydrogen-bond donors (Lipinski definition) is 2. The number of carboxylic acids is 4. The Balaban J connectivity index is -0.00000144. The molecule has 0 radical (unpaired) electrons. The minimum absolute atomic E-state index is 0. The summed E-state index contributed by atoms with van der Waals surface area (Å²) < 4.78 is 0. The van der Waals surface area contributed by atoms with Crippen molar-refractivity contribution in [1.82, 2.24) is 0 Å². The van der Waals surface area contributed by atoms with E-state index in [-0.39, 0.29) is 59.1 Å². The number of carbonyl (C=O) groups is 4. The minimum atomic E-state index is -1.68. The van der Waals surface area contributed by atoms with Crippen LogP contribution in [0.3, 0.4) is 0 Å². The first-order chi connectivity index (χ1) is 8.17. The molecule has 2 N–H and O–H groups in total. The molecule has 0 saturated carbocycles. The predicted molar refractivity (Wildman–Crippen MR) is 50.8 cm³/mol. The van der Waals surface area contributed by atoms with Crippen molar-refractivity contribution in [1.29, 1.82) is 0 Å². The number of carbonyl (C=O) groups excluding carboxylic acids is 2. The van der Waals surface area contributed by atoms with Crippen molar-refractivity contribution >= 4 is 23.9 Å². The molecule has 0 spiro atoms. The van der Waals surface area contributed by atoms with Crippen molar-refractivity contribution in [3.05, 3.63) is 0 Å². The van der Waals surface area contributed by atoms with Gasteiger partial charge in [0.2, 0.25) is 0 Å². The third kappa shape index (κ3) is 11.7. The molecular weight excluding hydrogens is 294 g/mol. The van der Waals surface area contributed by atoms with Gasteiger partial charge in [0.1, 0.15) is 0 Å². The summed E-state index contributed by atoms with van der Waals surface area (Å²) in [4.78, 5) is 42.2. The van der Waals surface area contributed by atoms with Gasteiger partial charge in [0.25, 0.3) is 0 Å². The second-order valence-corrected chi connectivity index (χ2v) is 4.06. The Kier molecular flexibility index (Phi) is 14.3. The molecule has 0 heterocycles. The SMILES string of the molecule is O=C([O-])CCC(CC(=O)[O-])(CC(=O)O)CC(=O)O.[Na+].[Na+]. The van der Waals surface area contributed by atoms with Gasteiger partial charge >= 0.3 is 71.1 Å². The van der Waals surface area contributed by atoms with Crippen molar-refractivity contribution in [2.75, 3.05) is 0 Å². The Morgan fingerprint density at radius 1 is 0.800 bits per heavy atom. The molecule has 10 heteroatoms. The second kappa shape index (κ2) is 11.5. The van der Waals surface area contributed by atoms with E-state index in [4.69, 9.17) is 10.2 Å². The van der Waals surface area contributed by atoms with Crippen LogP contribution in [0.15, 0.2) is 0 Å². The Morgan fingerprint density at radius 3 is 1.45 bits per heavy atom. The van der Waals surface area contributed by atoms with E-state index in [0.29, 0.717) is 0 Å². The summed E-state index contributed by atoms with van der Waals surface area (Å²) in [5, 5.41) is 38.2. The zero-order chi connectivity index (χ0) is 14.3. The third-order valence-corrected chi connectivity index (χ3v) is 2.43. The van der Waals surface area contributed by atoms with Crippen LogP contribution in [0.25, 0.3) is 0 Å². The first kappa shape index (κ1) is 24.9. The van der Waals surface area contributed by atoms with Crippen molar-refractivity contribution < 1.29 is 98.7 Å². The van der Waals surface area contributed by atoms with Gasteiger partial charge in [-0.3, -0.25) is 9.59 Å². The van der Waals surface area contributed by atoms with Crippen LogP contribution in [0.5, 0.6) is 0 Å². The monoisotopic (exact) mass is 306 g/mol. The summed E-state index contributed by atoms with van der Waals surface area (Å²) in [7, 11) is 0. The molecule has 8 nitrogen and oxygen atoms in total. The number of aliphatic carboxylic acids is 4. The van der Waals surface area contributed by atoms with E-state index in [0.717, 1.165) is 0 Å². The normalized spacial score (nSPS) is 9.80. The van der Waals surface area contributed by atoms with Crippen molar-refractivity contribution in [3.63, 3.8) is 0 Å². The third-order valence-electron chi connectivity index (χ3n) is 2.43. The first-order valence-corrected chi connectivity index (χ1v) is 5.00. The van der Waals surface area contributed by atoms with Crippen LogP contribution < -0.4 is 69.3 Å². The average molecular weight is 306 g/mol. The molecule has 102 valence electrons. The zero-order valence-corrected chi connectivity index (χ0v) is 15.4. The smallest absolute Gasteiger partial charge is 0.550 e. The van der Waals surface area contributed by atoms with Gasteiger partial charge < -0.3 is 30.0 Å². The molecule has 20 heavy (non-hydrogen) atoms. The Labute approximate surface area is 159 Å². The van der Waals surface area contributed by atoms with Crippen LogP contribution in [0.4, 0.5) is 0 Å². The quantitative estimate of drug-likeness (QED) is 0.398. The molecule has 0 aromatic rings. The van der Waals surface area contributed by atoms with E-state index >= 15 is 0 Å². The molecule has 0 amide bonds. The van der Waals surface area contributed by atoms with E-state index in [1.54, 1.807) is 0 Å². The molecule has 0 atom stereocenters. The van der Waals surface area contributed by atoms with Crippen molar-refractivity contribution in [2.24, 2.45) is 5.41 Å². The van der Waals surface area contributed by atoms with Crippen molar-refractivity contribution in [3.8, 4) is 0 Å². The predicted octanol–water partition coefficient (Wildman–Crippen LogP) is -8.40. The summed E-state index contributed by atoms with van der Waals surface area (Å²) in [6.07, 6.45) is -3.39. The van der Waals surface area contributed by atoms with Crippen LogP contribution in [0.2, 0.25) is 0 Å². The van der Waals surface area contributed by atoms with E-state index in [1.807, 2.05) is 0 Å². The number of carboxylic acid groups (broad SMARTS) is 4. The van der Waals surface area contributed by atoms with Gasteiger partial charge in [-0.05, 0) is 24.7 Å². The molecule has 0 aliphatic rings. The molecule has 0 rings (SSSR count). The summed E-state index contributed by atoms with van der Waals surface area (Å²) >= 11 is 0. The van der Waals surface area contributed by atoms with Crippen molar-refractivity contribution in [2.45, 2.75) is 32.1 Å². The number of hydrogen-bond acceptors (Lipinski definition) is 6. The molecular formula is C10H12Na2O8. The average Bonchev–Trinajstić information content (AvgIpc) is 2.11. The van der Waals surface area contributed by atoms with Crippen LogP contribution in [0.1, 0.15) is 32.1 Å². The molecule has 0 saturated heterocycles. The number of rotatable bonds is 9.